The maximum absolute atomic E-state index is 12.3. The van der Waals surface area contributed by atoms with Crippen LogP contribution in [0.5, 0.6) is 0 Å². The zero-order valence-corrected chi connectivity index (χ0v) is 11.5. The second-order valence-electron chi connectivity index (χ2n) is 5.48. The fraction of sp³-hybridized carbons (Fsp3) is 0.909. The first-order chi connectivity index (χ1) is 7.18. The van der Waals surface area contributed by atoms with Crippen LogP contribution in [0.25, 0.3) is 0 Å². The summed E-state index contributed by atoms with van der Waals surface area (Å²) in [6.45, 7) is 9.91. The summed E-state index contributed by atoms with van der Waals surface area (Å²) in [6, 6.07) is 0. The summed E-state index contributed by atoms with van der Waals surface area (Å²) in [5.74, 6) is -0.217. The smallest absolute Gasteiger partial charge is 0.307 e. The number of ketones is 1. The van der Waals surface area contributed by atoms with Crippen molar-refractivity contribution in [2.24, 2.45) is 11.3 Å². The van der Waals surface area contributed by atoms with E-state index in [1.54, 1.807) is 20.8 Å². The van der Waals surface area contributed by atoms with Gasteiger partial charge in [0.25, 0.3) is 0 Å². The maximum Gasteiger partial charge on any atom is 0.340 e. The van der Waals surface area contributed by atoms with Gasteiger partial charge in [0.1, 0.15) is 11.4 Å². The van der Waals surface area contributed by atoms with Gasteiger partial charge in [-0.25, -0.2) is 0 Å². The third-order valence-corrected chi connectivity index (χ3v) is 4.91. The summed E-state index contributed by atoms with van der Waals surface area (Å²) in [4.78, 5) is 11.8. The fourth-order valence-electron chi connectivity index (χ4n) is 1.47. The molecule has 1 atom stereocenters. The average Bonchev–Trinajstić information content (AvgIpc) is 2.20. The lowest BCUT2D eigenvalue weighted by Gasteiger charge is -2.36. The third kappa shape index (κ3) is 2.93. The molecule has 1 fully saturated rings. The Morgan fingerprint density at radius 1 is 1.19 bits per heavy atom. The molecule has 1 saturated heterocycles. The Hall–Kier alpha value is -0.180. The summed E-state index contributed by atoms with van der Waals surface area (Å²) in [6.07, 6.45) is 0. The number of hydrogen-bond donors (Lipinski definition) is 0. The maximum atomic E-state index is 12.3. The van der Waals surface area contributed by atoms with Crippen molar-refractivity contribution in [2.45, 2.75) is 40.3 Å². The summed E-state index contributed by atoms with van der Waals surface area (Å²) < 4.78 is 23.0. The van der Waals surface area contributed by atoms with Crippen molar-refractivity contribution in [3.8, 4) is 0 Å². The summed E-state index contributed by atoms with van der Waals surface area (Å²) >= 11 is 0. The van der Waals surface area contributed by atoms with E-state index in [0.29, 0.717) is 13.2 Å². The van der Waals surface area contributed by atoms with E-state index in [1.165, 1.54) is 0 Å². The molecule has 0 amide bonds. The molecule has 1 heterocycles. The van der Waals surface area contributed by atoms with Gasteiger partial charge in [-0.1, -0.05) is 27.7 Å². The predicted molar refractivity (Wildman–Crippen MR) is 62.6 cm³/mol. The zero-order valence-electron chi connectivity index (χ0n) is 10.6. The van der Waals surface area contributed by atoms with Crippen LogP contribution in [0.1, 0.15) is 34.6 Å². The van der Waals surface area contributed by atoms with Gasteiger partial charge in [-0.2, -0.15) is 0 Å². The first-order valence-electron chi connectivity index (χ1n) is 5.60. The van der Waals surface area contributed by atoms with Crippen molar-refractivity contribution in [3.63, 3.8) is 0 Å². The van der Waals surface area contributed by atoms with E-state index in [0.717, 1.165) is 0 Å². The van der Waals surface area contributed by atoms with Crippen molar-refractivity contribution in [1.82, 2.24) is 0 Å². The molecular formula is C11H21O4P. The molecule has 0 aromatic carbocycles. The van der Waals surface area contributed by atoms with E-state index in [1.807, 2.05) is 13.8 Å². The molecule has 94 valence electrons. The standard InChI is InChI=1S/C11H21O4P/c1-8(2)10(12)9(3)16(13)14-6-11(4,5)7-15-16/h8-9H,6-7H2,1-5H3. The second kappa shape index (κ2) is 4.59. The molecule has 0 aliphatic carbocycles. The van der Waals surface area contributed by atoms with Crippen molar-refractivity contribution in [1.29, 1.82) is 0 Å². The summed E-state index contributed by atoms with van der Waals surface area (Å²) in [5, 5.41) is 0. The Kier molecular flexibility index (Phi) is 3.99. The number of carbonyl (C=O) groups is 1. The van der Waals surface area contributed by atoms with E-state index in [4.69, 9.17) is 9.05 Å². The van der Waals surface area contributed by atoms with E-state index in [-0.39, 0.29) is 17.1 Å². The lowest BCUT2D eigenvalue weighted by molar-refractivity contribution is -0.121. The van der Waals surface area contributed by atoms with Gasteiger partial charge in [-0.3, -0.25) is 9.36 Å². The largest absolute Gasteiger partial charge is 0.340 e. The van der Waals surface area contributed by atoms with Crippen LogP contribution in [0.3, 0.4) is 0 Å². The van der Waals surface area contributed by atoms with Crippen LogP contribution >= 0.6 is 7.60 Å². The van der Waals surface area contributed by atoms with Crippen LogP contribution in [0.2, 0.25) is 0 Å². The van der Waals surface area contributed by atoms with Gasteiger partial charge in [-0.15, -0.1) is 0 Å². The Balaban J connectivity index is 2.74. The van der Waals surface area contributed by atoms with Gasteiger partial charge in [0.2, 0.25) is 0 Å². The average molecular weight is 248 g/mol. The monoisotopic (exact) mass is 248 g/mol. The lowest BCUT2D eigenvalue weighted by atomic mass is 9.97. The first kappa shape index (κ1) is 13.9. The molecule has 16 heavy (non-hydrogen) atoms. The minimum absolute atomic E-state index is 0.0666. The van der Waals surface area contributed by atoms with Crippen molar-refractivity contribution in [2.75, 3.05) is 13.2 Å². The highest BCUT2D eigenvalue weighted by atomic mass is 31.2. The third-order valence-electron chi connectivity index (χ3n) is 2.73. The Morgan fingerprint density at radius 2 is 1.62 bits per heavy atom. The van der Waals surface area contributed by atoms with Gasteiger partial charge in [0, 0.05) is 11.3 Å². The SMILES string of the molecule is CC(C)C(=O)C(C)P1(=O)OCC(C)(C)CO1. The second-order valence-corrected chi connectivity index (χ2v) is 7.85. The molecule has 5 heteroatoms. The number of Topliss-reactive ketones (excluding diaryl/α,β-unsaturated/α-hetero) is 1. The van der Waals surface area contributed by atoms with Crippen molar-refractivity contribution < 1.29 is 18.4 Å². The lowest BCUT2D eigenvalue weighted by Crippen LogP contribution is -2.34. The zero-order chi connectivity index (χ0) is 12.6. The molecule has 1 aliphatic rings. The van der Waals surface area contributed by atoms with Gasteiger partial charge in [0.05, 0.1) is 13.2 Å². The molecule has 0 N–H and O–H groups in total. The molecular weight excluding hydrogens is 227 g/mol. The van der Waals surface area contributed by atoms with Gasteiger partial charge >= 0.3 is 7.60 Å². The van der Waals surface area contributed by atoms with Crippen LogP contribution in [0, 0.1) is 11.3 Å². The quantitative estimate of drug-likeness (QED) is 0.720. The van der Waals surface area contributed by atoms with Crippen LogP contribution < -0.4 is 0 Å². The normalized spacial score (nSPS) is 25.4. The first-order valence-corrected chi connectivity index (χ1v) is 7.22. The molecule has 1 unspecified atom stereocenters. The molecule has 0 radical (unpaired) electrons. The summed E-state index contributed by atoms with van der Waals surface area (Å²) in [5.41, 5.74) is -0.794. The molecule has 4 nitrogen and oxygen atoms in total. The van der Waals surface area contributed by atoms with Crippen LogP contribution in [-0.2, 0) is 18.4 Å². The fourth-order valence-corrected chi connectivity index (χ4v) is 3.66. The molecule has 1 aliphatic heterocycles. The van der Waals surface area contributed by atoms with Gasteiger partial charge in [-0.05, 0) is 6.92 Å². The van der Waals surface area contributed by atoms with Crippen molar-refractivity contribution >= 4 is 13.4 Å². The number of carbonyl (C=O) groups excluding carboxylic acids is 1. The highest BCUT2D eigenvalue weighted by molar-refractivity contribution is 7.55. The van der Waals surface area contributed by atoms with Gasteiger partial charge < -0.3 is 9.05 Å². The molecule has 0 aromatic rings. The van der Waals surface area contributed by atoms with Gasteiger partial charge in [0.15, 0.2) is 0 Å². The topological polar surface area (TPSA) is 52.6 Å². The Bertz CT molecular complexity index is 308. The summed E-state index contributed by atoms with van der Waals surface area (Å²) in [7, 11) is -3.24. The van der Waals surface area contributed by atoms with Crippen LogP contribution in [0.15, 0.2) is 0 Å². The van der Waals surface area contributed by atoms with E-state index >= 15 is 0 Å². The van der Waals surface area contributed by atoms with Crippen LogP contribution in [-0.4, -0.2) is 24.7 Å². The Labute approximate surface area is 97.2 Å². The highest BCUT2D eigenvalue weighted by Gasteiger charge is 2.44. The van der Waals surface area contributed by atoms with E-state index < -0.39 is 13.3 Å². The number of hydrogen-bond acceptors (Lipinski definition) is 4. The number of rotatable bonds is 3. The predicted octanol–water partition coefficient (Wildman–Crippen LogP) is 2.87. The molecule has 0 spiro atoms. The highest BCUT2D eigenvalue weighted by Crippen LogP contribution is 2.57. The minimum atomic E-state index is -3.24. The molecule has 1 rings (SSSR count). The Morgan fingerprint density at radius 3 is 2.00 bits per heavy atom. The molecule has 0 bridgehead atoms. The minimum Gasteiger partial charge on any atom is -0.307 e. The van der Waals surface area contributed by atoms with E-state index in [2.05, 4.69) is 0 Å². The molecule has 0 saturated carbocycles. The van der Waals surface area contributed by atoms with Crippen LogP contribution in [0.4, 0.5) is 0 Å². The molecule has 0 aromatic heterocycles. The van der Waals surface area contributed by atoms with Crippen molar-refractivity contribution in [3.05, 3.63) is 0 Å². The van der Waals surface area contributed by atoms with E-state index in [9.17, 15) is 9.36 Å².